The van der Waals surface area contributed by atoms with Crippen molar-refractivity contribution in [3.05, 3.63) is 29.8 Å². The molecular weight excluding hydrogens is 178 g/mol. The van der Waals surface area contributed by atoms with Crippen LogP contribution in [0.15, 0.2) is 24.3 Å². The van der Waals surface area contributed by atoms with E-state index in [-0.39, 0.29) is 17.6 Å². The molecule has 1 rings (SSSR count). The first-order chi connectivity index (χ1) is 6.63. The number of carbonyl (C=O) groups is 1. The molecule has 1 aromatic rings. The Kier molecular flexibility index (Phi) is 3.51. The molecule has 3 heteroatoms. The number of primary amides is 1. The number of aromatic hydroxyl groups is 1. The van der Waals surface area contributed by atoms with E-state index in [1.165, 1.54) is 0 Å². The Balaban J connectivity index is 2.67. The number of phenolic OH excluding ortho intramolecular Hbond substituents is 1. The first-order valence-electron chi connectivity index (χ1n) is 4.70. The number of benzene rings is 1. The number of nitrogens with two attached hydrogens (primary N) is 1. The van der Waals surface area contributed by atoms with E-state index >= 15 is 0 Å². The molecule has 0 fully saturated rings. The van der Waals surface area contributed by atoms with Crippen LogP contribution in [0, 0.1) is 5.92 Å². The third kappa shape index (κ3) is 2.76. The van der Waals surface area contributed by atoms with Crippen LogP contribution in [0.4, 0.5) is 0 Å². The number of hydrogen-bond donors (Lipinski definition) is 2. The lowest BCUT2D eigenvalue weighted by Gasteiger charge is -2.10. The Labute approximate surface area is 83.6 Å². The van der Waals surface area contributed by atoms with Gasteiger partial charge in [0.25, 0.3) is 0 Å². The predicted molar refractivity (Wildman–Crippen MR) is 54.8 cm³/mol. The van der Waals surface area contributed by atoms with Gasteiger partial charge in [-0.05, 0) is 30.5 Å². The van der Waals surface area contributed by atoms with E-state index in [9.17, 15) is 4.79 Å². The van der Waals surface area contributed by atoms with Crippen molar-refractivity contribution in [2.45, 2.75) is 19.8 Å². The molecule has 1 aromatic carbocycles. The minimum atomic E-state index is -0.263. The molecule has 3 nitrogen and oxygen atoms in total. The smallest absolute Gasteiger partial charge is 0.220 e. The van der Waals surface area contributed by atoms with Gasteiger partial charge in [0.05, 0.1) is 0 Å². The quantitative estimate of drug-likeness (QED) is 0.760. The number of phenols is 1. The molecule has 0 spiro atoms. The molecule has 0 heterocycles. The van der Waals surface area contributed by atoms with Crippen LogP contribution in [0.25, 0.3) is 0 Å². The van der Waals surface area contributed by atoms with Gasteiger partial charge in [-0.15, -0.1) is 0 Å². The van der Waals surface area contributed by atoms with Crippen LogP contribution >= 0.6 is 0 Å². The van der Waals surface area contributed by atoms with E-state index in [2.05, 4.69) is 0 Å². The molecular formula is C11H15NO2. The van der Waals surface area contributed by atoms with Crippen molar-refractivity contribution in [1.29, 1.82) is 0 Å². The molecule has 1 atom stereocenters. The average Bonchev–Trinajstić information content (AvgIpc) is 2.16. The van der Waals surface area contributed by atoms with Crippen molar-refractivity contribution >= 4 is 5.91 Å². The van der Waals surface area contributed by atoms with E-state index < -0.39 is 0 Å². The van der Waals surface area contributed by atoms with Crippen LogP contribution in [-0.4, -0.2) is 11.0 Å². The van der Waals surface area contributed by atoms with Gasteiger partial charge in [0.1, 0.15) is 5.75 Å². The van der Waals surface area contributed by atoms with Crippen LogP contribution in [0.5, 0.6) is 5.75 Å². The Morgan fingerprint density at radius 1 is 1.43 bits per heavy atom. The second-order valence-corrected chi connectivity index (χ2v) is 3.38. The third-order valence-electron chi connectivity index (χ3n) is 2.31. The molecule has 0 bridgehead atoms. The van der Waals surface area contributed by atoms with Gasteiger partial charge in [0.15, 0.2) is 0 Å². The van der Waals surface area contributed by atoms with E-state index in [1.807, 2.05) is 6.92 Å². The van der Waals surface area contributed by atoms with Gasteiger partial charge in [-0.3, -0.25) is 4.79 Å². The summed E-state index contributed by atoms with van der Waals surface area (Å²) in [4.78, 5) is 11.0. The minimum Gasteiger partial charge on any atom is -0.508 e. The summed E-state index contributed by atoms with van der Waals surface area (Å²) in [7, 11) is 0. The largest absolute Gasteiger partial charge is 0.508 e. The van der Waals surface area contributed by atoms with E-state index in [4.69, 9.17) is 10.8 Å². The molecule has 1 amide bonds. The summed E-state index contributed by atoms with van der Waals surface area (Å²) >= 11 is 0. The molecule has 0 unspecified atom stereocenters. The third-order valence-corrected chi connectivity index (χ3v) is 2.31. The fraction of sp³-hybridized carbons (Fsp3) is 0.364. The summed E-state index contributed by atoms with van der Waals surface area (Å²) in [5.74, 6) is -0.138. The Morgan fingerprint density at radius 2 is 2.00 bits per heavy atom. The molecule has 0 aliphatic rings. The lowest BCUT2D eigenvalue weighted by atomic mass is 9.96. The van der Waals surface area contributed by atoms with Crippen molar-refractivity contribution in [3.63, 3.8) is 0 Å². The van der Waals surface area contributed by atoms with Gasteiger partial charge in [-0.25, -0.2) is 0 Å². The summed E-state index contributed by atoms with van der Waals surface area (Å²) in [5.41, 5.74) is 6.26. The highest BCUT2D eigenvalue weighted by atomic mass is 16.3. The molecule has 0 radical (unpaired) electrons. The van der Waals surface area contributed by atoms with Crippen molar-refractivity contribution in [1.82, 2.24) is 0 Å². The van der Waals surface area contributed by atoms with Gasteiger partial charge in [-0.1, -0.05) is 19.1 Å². The maximum absolute atomic E-state index is 11.0. The highest BCUT2D eigenvalue weighted by molar-refractivity contribution is 5.76. The zero-order valence-corrected chi connectivity index (χ0v) is 8.23. The SMILES string of the molecule is CC[C@@H](Cc1ccc(O)cc1)C(N)=O. The van der Waals surface area contributed by atoms with Gasteiger partial charge in [-0.2, -0.15) is 0 Å². The number of amides is 1. The topological polar surface area (TPSA) is 63.3 Å². The van der Waals surface area contributed by atoms with Crippen LogP contribution in [-0.2, 0) is 11.2 Å². The monoisotopic (exact) mass is 193 g/mol. The van der Waals surface area contributed by atoms with Crippen LogP contribution in [0.1, 0.15) is 18.9 Å². The summed E-state index contributed by atoms with van der Waals surface area (Å²) in [6, 6.07) is 6.84. The zero-order valence-electron chi connectivity index (χ0n) is 8.23. The Bertz CT molecular complexity index is 306. The van der Waals surface area contributed by atoms with Gasteiger partial charge in [0, 0.05) is 5.92 Å². The molecule has 3 N–H and O–H groups in total. The Hall–Kier alpha value is -1.51. The number of carbonyl (C=O) groups excluding carboxylic acids is 1. The second-order valence-electron chi connectivity index (χ2n) is 3.38. The summed E-state index contributed by atoms with van der Waals surface area (Å²) in [6.07, 6.45) is 1.39. The molecule has 0 aromatic heterocycles. The maximum atomic E-state index is 11.0. The van der Waals surface area contributed by atoms with Crippen LogP contribution in [0.2, 0.25) is 0 Å². The first kappa shape index (κ1) is 10.6. The number of rotatable bonds is 4. The summed E-state index contributed by atoms with van der Waals surface area (Å²) in [6.45, 7) is 1.94. The lowest BCUT2D eigenvalue weighted by molar-refractivity contribution is -0.121. The highest BCUT2D eigenvalue weighted by Crippen LogP contribution is 2.15. The van der Waals surface area contributed by atoms with E-state index in [0.717, 1.165) is 12.0 Å². The highest BCUT2D eigenvalue weighted by Gasteiger charge is 2.12. The normalized spacial score (nSPS) is 12.4. The van der Waals surface area contributed by atoms with Crippen molar-refractivity contribution in [2.24, 2.45) is 11.7 Å². The number of hydrogen-bond acceptors (Lipinski definition) is 2. The average molecular weight is 193 g/mol. The summed E-state index contributed by atoms with van der Waals surface area (Å²) in [5, 5.41) is 9.07. The zero-order chi connectivity index (χ0) is 10.6. The van der Waals surface area contributed by atoms with Gasteiger partial charge < -0.3 is 10.8 Å². The summed E-state index contributed by atoms with van der Waals surface area (Å²) < 4.78 is 0. The molecule has 0 aliphatic heterocycles. The first-order valence-corrected chi connectivity index (χ1v) is 4.70. The van der Waals surface area contributed by atoms with Crippen molar-refractivity contribution < 1.29 is 9.90 Å². The molecule has 0 aliphatic carbocycles. The second kappa shape index (κ2) is 4.65. The van der Waals surface area contributed by atoms with Crippen molar-refractivity contribution in [2.75, 3.05) is 0 Å². The fourth-order valence-electron chi connectivity index (χ4n) is 1.36. The maximum Gasteiger partial charge on any atom is 0.220 e. The predicted octanol–water partition coefficient (Wildman–Crippen LogP) is 1.45. The van der Waals surface area contributed by atoms with E-state index in [1.54, 1.807) is 24.3 Å². The standard InChI is InChI=1S/C11H15NO2/c1-2-9(11(12)14)7-8-3-5-10(13)6-4-8/h3-6,9,13H,2,7H2,1H3,(H2,12,14)/t9-/m0/s1. The Morgan fingerprint density at radius 3 is 2.43 bits per heavy atom. The van der Waals surface area contributed by atoms with Crippen LogP contribution < -0.4 is 5.73 Å². The van der Waals surface area contributed by atoms with Gasteiger partial charge >= 0.3 is 0 Å². The molecule has 0 saturated heterocycles. The van der Waals surface area contributed by atoms with E-state index in [0.29, 0.717) is 6.42 Å². The molecule has 14 heavy (non-hydrogen) atoms. The van der Waals surface area contributed by atoms with Crippen molar-refractivity contribution in [3.8, 4) is 5.75 Å². The molecule has 0 saturated carbocycles. The van der Waals surface area contributed by atoms with Crippen LogP contribution in [0.3, 0.4) is 0 Å². The minimum absolute atomic E-state index is 0.112. The lowest BCUT2D eigenvalue weighted by Crippen LogP contribution is -2.24. The van der Waals surface area contributed by atoms with Gasteiger partial charge in [0.2, 0.25) is 5.91 Å². The fourth-order valence-corrected chi connectivity index (χ4v) is 1.36. The molecule has 76 valence electrons.